The largest absolute Gasteiger partial charge is 0.491 e. The van der Waals surface area contributed by atoms with Crippen LogP contribution in [0.3, 0.4) is 0 Å². The van der Waals surface area contributed by atoms with Crippen molar-refractivity contribution in [1.29, 1.82) is 0 Å². The van der Waals surface area contributed by atoms with Crippen molar-refractivity contribution >= 4 is 29.6 Å². The number of hydrogen-bond acceptors (Lipinski definition) is 7. The summed E-state index contributed by atoms with van der Waals surface area (Å²) in [6, 6.07) is 8.72. The number of rotatable bonds is 9. The fraction of sp³-hybridized carbons (Fsp3) is 0.304. The Morgan fingerprint density at radius 1 is 1.22 bits per heavy atom. The smallest absolute Gasteiger partial charge is 0.331 e. The summed E-state index contributed by atoms with van der Waals surface area (Å²) >= 11 is 6.21. The van der Waals surface area contributed by atoms with Crippen LogP contribution in [-0.2, 0) is 20.9 Å². The summed E-state index contributed by atoms with van der Waals surface area (Å²) in [4.78, 5) is 24.4. The summed E-state index contributed by atoms with van der Waals surface area (Å²) < 4.78 is 26.5. The van der Waals surface area contributed by atoms with E-state index in [1.807, 2.05) is 13.0 Å². The first-order valence-corrected chi connectivity index (χ1v) is 10.3. The lowest BCUT2D eigenvalue weighted by Gasteiger charge is -2.13. The predicted octanol–water partition coefficient (Wildman–Crippen LogP) is 3.74. The van der Waals surface area contributed by atoms with Gasteiger partial charge in [-0.3, -0.25) is 4.79 Å². The molecule has 2 aromatic carbocycles. The van der Waals surface area contributed by atoms with Crippen LogP contribution in [0.1, 0.15) is 25.0 Å². The van der Waals surface area contributed by atoms with Crippen molar-refractivity contribution in [2.24, 2.45) is 0 Å². The number of esters is 1. The zero-order valence-corrected chi connectivity index (χ0v) is 18.7. The molecule has 2 aromatic rings. The Balaban J connectivity index is 1.53. The molecule has 0 saturated carbocycles. The van der Waals surface area contributed by atoms with Crippen LogP contribution >= 0.6 is 11.6 Å². The standard InChI is InChI=1S/C23H24ClNO7/c1-4-29-20-10-15(9-17(24)22(20)28-3)6-8-21(26)32-14(2)23(27)25-12-16-5-7-18-19(11-16)31-13-30-18/h5-11,14H,4,12-13H2,1-3H3,(H,25,27)/b8-6+/t14-/m1/s1. The minimum atomic E-state index is -0.973. The fourth-order valence-electron chi connectivity index (χ4n) is 2.96. The number of carbonyl (C=O) groups is 2. The molecule has 9 heteroatoms. The van der Waals surface area contributed by atoms with Crippen molar-refractivity contribution in [1.82, 2.24) is 5.32 Å². The number of amides is 1. The monoisotopic (exact) mass is 461 g/mol. The van der Waals surface area contributed by atoms with Crippen molar-refractivity contribution in [3.05, 3.63) is 52.6 Å². The Labute approximate surface area is 191 Å². The molecule has 0 aliphatic carbocycles. The molecule has 0 unspecified atom stereocenters. The molecule has 1 aliphatic heterocycles. The summed E-state index contributed by atoms with van der Waals surface area (Å²) in [7, 11) is 1.50. The van der Waals surface area contributed by atoms with Gasteiger partial charge in [-0.15, -0.1) is 0 Å². The van der Waals surface area contributed by atoms with Gasteiger partial charge in [0.2, 0.25) is 6.79 Å². The van der Waals surface area contributed by atoms with E-state index >= 15 is 0 Å². The third-order valence-electron chi connectivity index (χ3n) is 4.51. The minimum absolute atomic E-state index is 0.182. The third kappa shape index (κ3) is 5.85. The quantitative estimate of drug-likeness (QED) is 0.449. The molecule has 3 rings (SSSR count). The van der Waals surface area contributed by atoms with Crippen molar-refractivity contribution in [2.45, 2.75) is 26.5 Å². The van der Waals surface area contributed by atoms with Gasteiger partial charge >= 0.3 is 5.97 Å². The zero-order chi connectivity index (χ0) is 23.1. The first-order chi connectivity index (χ1) is 15.4. The minimum Gasteiger partial charge on any atom is -0.491 e. The van der Waals surface area contributed by atoms with Crippen LogP contribution in [0.2, 0.25) is 5.02 Å². The van der Waals surface area contributed by atoms with Crippen LogP contribution < -0.4 is 24.3 Å². The van der Waals surface area contributed by atoms with Gasteiger partial charge in [0.25, 0.3) is 5.91 Å². The number of halogens is 1. The second-order valence-electron chi connectivity index (χ2n) is 6.78. The van der Waals surface area contributed by atoms with Crippen molar-refractivity contribution in [3.8, 4) is 23.0 Å². The van der Waals surface area contributed by atoms with Gasteiger partial charge < -0.3 is 29.0 Å². The van der Waals surface area contributed by atoms with Crippen LogP contribution in [0, 0.1) is 0 Å². The first kappa shape index (κ1) is 23.3. The molecule has 0 fully saturated rings. The van der Waals surface area contributed by atoms with Gasteiger partial charge in [-0.25, -0.2) is 4.79 Å². The van der Waals surface area contributed by atoms with Gasteiger partial charge in [-0.2, -0.15) is 0 Å². The van der Waals surface area contributed by atoms with Crippen LogP contribution in [0.25, 0.3) is 6.08 Å². The zero-order valence-electron chi connectivity index (χ0n) is 18.0. The Bertz CT molecular complexity index is 1020. The van der Waals surface area contributed by atoms with Gasteiger partial charge in [0.15, 0.2) is 29.1 Å². The fourth-order valence-corrected chi connectivity index (χ4v) is 3.26. The molecule has 1 N–H and O–H groups in total. The highest BCUT2D eigenvalue weighted by molar-refractivity contribution is 6.32. The number of fused-ring (bicyclic) bond motifs is 1. The third-order valence-corrected chi connectivity index (χ3v) is 4.79. The normalized spacial score (nSPS) is 13.0. The van der Waals surface area contributed by atoms with E-state index in [9.17, 15) is 9.59 Å². The highest BCUT2D eigenvalue weighted by Gasteiger charge is 2.18. The molecule has 1 heterocycles. The molecule has 0 radical (unpaired) electrons. The number of benzene rings is 2. The molecule has 32 heavy (non-hydrogen) atoms. The Morgan fingerprint density at radius 2 is 2.00 bits per heavy atom. The lowest BCUT2D eigenvalue weighted by atomic mass is 10.2. The van der Waals surface area contributed by atoms with E-state index in [2.05, 4.69) is 5.32 Å². The van der Waals surface area contributed by atoms with Crippen LogP contribution in [-0.4, -0.2) is 38.5 Å². The highest BCUT2D eigenvalue weighted by Crippen LogP contribution is 2.36. The molecule has 0 spiro atoms. The molecule has 0 aromatic heterocycles. The molecule has 8 nitrogen and oxygen atoms in total. The van der Waals surface area contributed by atoms with Crippen molar-refractivity contribution in [3.63, 3.8) is 0 Å². The molecular weight excluding hydrogens is 438 g/mol. The summed E-state index contributed by atoms with van der Waals surface area (Å²) in [6.45, 7) is 4.21. The maximum Gasteiger partial charge on any atom is 0.331 e. The second-order valence-corrected chi connectivity index (χ2v) is 7.19. The number of carbonyl (C=O) groups excluding carboxylic acids is 2. The van der Waals surface area contributed by atoms with Gasteiger partial charge in [0.05, 0.1) is 18.7 Å². The van der Waals surface area contributed by atoms with E-state index in [0.29, 0.717) is 40.2 Å². The Kier molecular flexibility index (Phi) is 7.83. The van der Waals surface area contributed by atoms with Gasteiger partial charge in [0, 0.05) is 12.6 Å². The summed E-state index contributed by atoms with van der Waals surface area (Å²) in [5, 5.41) is 3.08. The van der Waals surface area contributed by atoms with Crippen molar-refractivity contribution < 1.29 is 33.3 Å². The lowest BCUT2D eigenvalue weighted by Crippen LogP contribution is -2.35. The Hall–Kier alpha value is -3.39. The van der Waals surface area contributed by atoms with Gasteiger partial charge in [0.1, 0.15) is 0 Å². The van der Waals surface area contributed by atoms with E-state index in [0.717, 1.165) is 5.56 Å². The van der Waals surface area contributed by atoms with E-state index < -0.39 is 18.0 Å². The number of methoxy groups -OCH3 is 1. The highest BCUT2D eigenvalue weighted by atomic mass is 35.5. The SMILES string of the molecule is CCOc1cc(/C=C/C(=O)O[C@H](C)C(=O)NCc2ccc3c(c2)OCO3)cc(Cl)c1OC. The van der Waals surface area contributed by atoms with E-state index in [1.54, 1.807) is 24.3 Å². The number of nitrogens with one attached hydrogen (secondary N) is 1. The van der Waals surface area contributed by atoms with Gasteiger partial charge in [-0.1, -0.05) is 17.7 Å². The number of hydrogen-bond donors (Lipinski definition) is 1. The second kappa shape index (κ2) is 10.8. The van der Waals surface area contributed by atoms with Crippen LogP contribution in [0.15, 0.2) is 36.4 Å². The maximum absolute atomic E-state index is 12.3. The van der Waals surface area contributed by atoms with E-state index in [1.165, 1.54) is 26.2 Å². The van der Waals surface area contributed by atoms with Gasteiger partial charge in [-0.05, 0) is 55.3 Å². The molecular formula is C23H24ClNO7. The predicted molar refractivity (Wildman–Crippen MR) is 118 cm³/mol. The first-order valence-electron chi connectivity index (χ1n) is 9.96. The summed E-state index contributed by atoms with van der Waals surface area (Å²) in [5.74, 6) is 1.09. The molecule has 170 valence electrons. The topological polar surface area (TPSA) is 92.3 Å². The Morgan fingerprint density at radius 3 is 2.75 bits per heavy atom. The molecule has 1 aliphatic rings. The summed E-state index contributed by atoms with van der Waals surface area (Å²) in [5.41, 5.74) is 1.46. The number of ether oxygens (including phenoxy) is 5. The maximum atomic E-state index is 12.3. The van der Waals surface area contributed by atoms with Crippen LogP contribution in [0.4, 0.5) is 0 Å². The van der Waals surface area contributed by atoms with Crippen molar-refractivity contribution in [2.75, 3.05) is 20.5 Å². The molecule has 0 bridgehead atoms. The van der Waals surface area contributed by atoms with Crippen LogP contribution in [0.5, 0.6) is 23.0 Å². The van der Waals surface area contributed by atoms with E-state index in [-0.39, 0.29) is 13.3 Å². The average Bonchev–Trinajstić information content (AvgIpc) is 3.24. The molecule has 1 atom stereocenters. The summed E-state index contributed by atoms with van der Waals surface area (Å²) in [6.07, 6.45) is 1.77. The molecule has 1 amide bonds. The lowest BCUT2D eigenvalue weighted by molar-refractivity contribution is -0.150. The average molecular weight is 462 g/mol. The van der Waals surface area contributed by atoms with E-state index in [4.69, 9.17) is 35.3 Å². The molecule has 0 saturated heterocycles.